The Labute approximate surface area is 139 Å². The molecular weight excluding hydrogens is 375 g/mol. The number of para-hydroxylation sites is 2. The molecule has 4 nitrogen and oxygen atoms in total. The van der Waals surface area contributed by atoms with Crippen LogP contribution in [-0.2, 0) is 6.54 Å². The molecule has 0 spiro atoms. The summed E-state index contributed by atoms with van der Waals surface area (Å²) >= 11 is 3.38. The zero-order chi connectivity index (χ0) is 16.9. The Kier molecular flexibility index (Phi) is 5.49. The molecule has 122 valence electrons. The average Bonchev–Trinajstić information content (AvgIpc) is 2.47. The van der Waals surface area contributed by atoms with Crippen molar-refractivity contribution in [1.82, 2.24) is 0 Å². The van der Waals surface area contributed by atoms with Gasteiger partial charge in [0, 0.05) is 4.47 Å². The molecule has 0 aliphatic rings. The number of hydrogen-bond donors (Lipinski definition) is 2. The van der Waals surface area contributed by atoms with Crippen molar-refractivity contribution < 1.29 is 17.9 Å². The number of rotatable bonds is 4. The minimum atomic E-state index is -4.78. The van der Waals surface area contributed by atoms with Crippen LogP contribution in [0, 0.1) is 0 Å². The van der Waals surface area contributed by atoms with Gasteiger partial charge in [0.05, 0.1) is 12.2 Å². The topological polar surface area (TPSA) is 59.6 Å². The maximum atomic E-state index is 12.4. The van der Waals surface area contributed by atoms with Crippen LogP contribution in [0.5, 0.6) is 5.75 Å². The van der Waals surface area contributed by atoms with Gasteiger partial charge in [-0.25, -0.2) is 4.99 Å². The second-order valence-electron chi connectivity index (χ2n) is 4.46. The third-order valence-electron chi connectivity index (χ3n) is 2.75. The van der Waals surface area contributed by atoms with Crippen LogP contribution < -0.4 is 15.8 Å². The van der Waals surface area contributed by atoms with Crippen LogP contribution in [0.1, 0.15) is 5.56 Å². The first-order valence-corrected chi connectivity index (χ1v) is 7.29. The minimum Gasteiger partial charge on any atom is -0.404 e. The molecule has 0 bridgehead atoms. The zero-order valence-electron chi connectivity index (χ0n) is 11.8. The van der Waals surface area contributed by atoms with Gasteiger partial charge in [0.1, 0.15) is 0 Å². The molecule has 0 radical (unpaired) electrons. The van der Waals surface area contributed by atoms with E-state index in [1.165, 1.54) is 18.2 Å². The predicted molar refractivity (Wildman–Crippen MR) is 86.2 cm³/mol. The third kappa shape index (κ3) is 5.48. The number of alkyl halides is 3. The van der Waals surface area contributed by atoms with E-state index in [9.17, 15) is 13.2 Å². The normalized spacial score (nSPS) is 12.1. The Hall–Kier alpha value is -2.22. The van der Waals surface area contributed by atoms with E-state index >= 15 is 0 Å². The maximum absolute atomic E-state index is 12.4. The smallest absolute Gasteiger partial charge is 0.404 e. The lowest BCUT2D eigenvalue weighted by Gasteiger charge is -2.14. The SMILES string of the molecule is NC(=NCc1ccccc1Br)Nc1ccccc1OC(F)(F)F. The molecule has 2 rings (SSSR count). The van der Waals surface area contributed by atoms with Crippen LogP contribution in [0.3, 0.4) is 0 Å². The standard InChI is InChI=1S/C15H13BrF3N3O/c16-11-6-2-1-5-10(11)9-21-14(20)22-12-7-3-4-8-13(12)23-15(17,18)19/h1-8H,9H2,(H3,20,21,22). The van der Waals surface area contributed by atoms with Gasteiger partial charge in [-0.3, -0.25) is 0 Å². The molecular formula is C15H13BrF3N3O. The lowest BCUT2D eigenvalue weighted by atomic mass is 10.2. The molecule has 0 amide bonds. The van der Waals surface area contributed by atoms with E-state index in [0.717, 1.165) is 10.0 Å². The van der Waals surface area contributed by atoms with Crippen molar-refractivity contribution in [3.05, 3.63) is 58.6 Å². The number of aliphatic imine (C=N–C) groups is 1. The molecule has 0 heterocycles. The summed E-state index contributed by atoms with van der Waals surface area (Å²) in [5.74, 6) is -0.391. The van der Waals surface area contributed by atoms with Gasteiger partial charge in [-0.15, -0.1) is 13.2 Å². The quantitative estimate of drug-likeness (QED) is 0.608. The van der Waals surface area contributed by atoms with Crippen molar-refractivity contribution in [2.24, 2.45) is 10.7 Å². The van der Waals surface area contributed by atoms with Crippen LogP contribution in [-0.4, -0.2) is 12.3 Å². The number of anilines is 1. The number of nitrogens with two attached hydrogens (primary N) is 1. The fourth-order valence-electron chi connectivity index (χ4n) is 1.76. The summed E-state index contributed by atoms with van der Waals surface area (Å²) in [6, 6.07) is 13.0. The minimum absolute atomic E-state index is 0.0148. The van der Waals surface area contributed by atoms with Crippen LogP contribution >= 0.6 is 15.9 Å². The first kappa shape index (κ1) is 17.1. The largest absolute Gasteiger partial charge is 0.573 e. The van der Waals surface area contributed by atoms with E-state index < -0.39 is 6.36 Å². The number of halogens is 4. The average molecular weight is 388 g/mol. The van der Waals surface area contributed by atoms with Gasteiger partial charge < -0.3 is 15.8 Å². The molecule has 23 heavy (non-hydrogen) atoms. The summed E-state index contributed by atoms with van der Waals surface area (Å²) < 4.78 is 41.9. The number of ether oxygens (including phenoxy) is 1. The second-order valence-corrected chi connectivity index (χ2v) is 5.32. The van der Waals surface area contributed by atoms with Crippen LogP contribution in [0.15, 0.2) is 58.0 Å². The predicted octanol–water partition coefficient (Wildman–Crippen LogP) is 4.27. The Morgan fingerprint density at radius 1 is 1.13 bits per heavy atom. The van der Waals surface area contributed by atoms with Crippen molar-refractivity contribution in [2.45, 2.75) is 12.9 Å². The number of nitrogens with zero attached hydrogens (tertiary/aromatic N) is 1. The first-order chi connectivity index (χ1) is 10.8. The highest BCUT2D eigenvalue weighted by Crippen LogP contribution is 2.29. The van der Waals surface area contributed by atoms with Crippen molar-refractivity contribution in [3.63, 3.8) is 0 Å². The van der Waals surface area contributed by atoms with Crippen LogP contribution in [0.25, 0.3) is 0 Å². The number of benzene rings is 2. The number of nitrogens with one attached hydrogen (secondary N) is 1. The molecule has 0 aliphatic heterocycles. The number of hydrogen-bond acceptors (Lipinski definition) is 2. The van der Waals surface area contributed by atoms with Crippen molar-refractivity contribution in [2.75, 3.05) is 5.32 Å². The monoisotopic (exact) mass is 387 g/mol. The molecule has 0 unspecified atom stereocenters. The highest BCUT2D eigenvalue weighted by molar-refractivity contribution is 9.10. The zero-order valence-corrected chi connectivity index (χ0v) is 13.4. The Morgan fingerprint density at radius 2 is 1.78 bits per heavy atom. The molecule has 0 saturated carbocycles. The lowest BCUT2D eigenvalue weighted by molar-refractivity contribution is -0.274. The van der Waals surface area contributed by atoms with Crippen LogP contribution in [0.4, 0.5) is 18.9 Å². The van der Waals surface area contributed by atoms with Gasteiger partial charge >= 0.3 is 6.36 Å². The van der Waals surface area contributed by atoms with E-state index in [0.29, 0.717) is 0 Å². The fraction of sp³-hybridized carbons (Fsp3) is 0.133. The van der Waals surface area contributed by atoms with Gasteiger partial charge in [0.25, 0.3) is 0 Å². The van der Waals surface area contributed by atoms with E-state index in [2.05, 4.69) is 31.0 Å². The van der Waals surface area contributed by atoms with E-state index in [-0.39, 0.29) is 23.9 Å². The first-order valence-electron chi connectivity index (χ1n) is 6.50. The Morgan fingerprint density at radius 3 is 2.48 bits per heavy atom. The Bertz CT molecular complexity index is 704. The summed E-state index contributed by atoms with van der Waals surface area (Å²) in [5, 5.41) is 2.61. The van der Waals surface area contributed by atoms with Crippen LogP contribution in [0.2, 0.25) is 0 Å². The van der Waals surface area contributed by atoms with Gasteiger partial charge in [-0.1, -0.05) is 46.3 Å². The molecule has 2 aromatic carbocycles. The van der Waals surface area contributed by atoms with Crippen molar-refractivity contribution >= 4 is 27.6 Å². The molecule has 0 saturated heterocycles. The van der Waals surface area contributed by atoms with E-state index in [1.54, 1.807) is 6.07 Å². The Balaban J connectivity index is 2.10. The molecule has 3 N–H and O–H groups in total. The highest BCUT2D eigenvalue weighted by atomic mass is 79.9. The van der Waals surface area contributed by atoms with E-state index in [1.807, 2.05) is 24.3 Å². The molecule has 0 atom stereocenters. The number of guanidine groups is 1. The summed E-state index contributed by atoms with van der Waals surface area (Å²) in [4.78, 5) is 4.10. The van der Waals surface area contributed by atoms with Gasteiger partial charge in [-0.05, 0) is 23.8 Å². The molecule has 0 aromatic heterocycles. The summed E-state index contributed by atoms with van der Waals surface area (Å²) in [6.45, 7) is 0.280. The second kappa shape index (κ2) is 7.36. The summed E-state index contributed by atoms with van der Waals surface area (Å²) in [5.41, 5.74) is 6.70. The van der Waals surface area contributed by atoms with Gasteiger partial charge in [-0.2, -0.15) is 0 Å². The fourth-order valence-corrected chi connectivity index (χ4v) is 2.17. The van der Waals surface area contributed by atoms with Crippen molar-refractivity contribution in [1.29, 1.82) is 0 Å². The molecule has 8 heteroatoms. The summed E-state index contributed by atoms with van der Waals surface area (Å²) in [6.07, 6.45) is -4.78. The highest BCUT2D eigenvalue weighted by Gasteiger charge is 2.32. The van der Waals surface area contributed by atoms with E-state index in [4.69, 9.17) is 5.73 Å². The maximum Gasteiger partial charge on any atom is 0.573 e. The van der Waals surface area contributed by atoms with Crippen molar-refractivity contribution in [3.8, 4) is 5.75 Å². The summed E-state index contributed by atoms with van der Waals surface area (Å²) in [7, 11) is 0. The molecule has 0 fully saturated rings. The lowest BCUT2D eigenvalue weighted by Crippen LogP contribution is -2.24. The van der Waals surface area contributed by atoms with Gasteiger partial charge in [0.15, 0.2) is 11.7 Å². The van der Waals surface area contributed by atoms with Gasteiger partial charge in [0.2, 0.25) is 0 Å². The molecule has 0 aliphatic carbocycles. The third-order valence-corrected chi connectivity index (χ3v) is 3.53. The molecule has 2 aromatic rings.